The number of primary sulfonamides is 1. The van der Waals surface area contributed by atoms with Crippen LogP contribution in [0.5, 0.6) is 0 Å². The fourth-order valence-corrected chi connectivity index (χ4v) is 1.66. The van der Waals surface area contributed by atoms with Crippen molar-refractivity contribution in [1.82, 2.24) is 0 Å². The Morgan fingerprint density at radius 2 is 2.12 bits per heavy atom. The van der Waals surface area contributed by atoms with Crippen LogP contribution in [0.3, 0.4) is 0 Å². The number of anilines is 2. The van der Waals surface area contributed by atoms with E-state index in [2.05, 4.69) is 11.9 Å². The molecule has 0 saturated carbocycles. The molecular formula is C9H12ClN3O2S. The van der Waals surface area contributed by atoms with Crippen LogP contribution in [0.15, 0.2) is 34.7 Å². The third-order valence-corrected chi connectivity index (χ3v) is 2.87. The maximum absolute atomic E-state index is 11.1. The van der Waals surface area contributed by atoms with E-state index in [0.29, 0.717) is 23.0 Å². The minimum atomic E-state index is -3.73. The number of rotatable bonds is 4. The van der Waals surface area contributed by atoms with Gasteiger partial charge in [-0.05, 0) is 18.2 Å². The van der Waals surface area contributed by atoms with Crippen LogP contribution in [0.25, 0.3) is 0 Å². The Hall–Kier alpha value is -1.24. The van der Waals surface area contributed by atoms with Gasteiger partial charge in [-0.15, -0.1) is 0 Å². The quantitative estimate of drug-likeness (QED) is 0.707. The SMILES string of the molecule is C=C(Cl)CNc1cc(S(N)(=O)=O)ccc1N. The zero-order chi connectivity index (χ0) is 12.3. The van der Waals surface area contributed by atoms with E-state index in [-0.39, 0.29) is 4.90 Å². The van der Waals surface area contributed by atoms with Gasteiger partial charge in [-0.3, -0.25) is 0 Å². The summed E-state index contributed by atoms with van der Waals surface area (Å²) in [6, 6.07) is 4.15. The molecule has 0 aromatic heterocycles. The number of nitrogens with one attached hydrogen (secondary N) is 1. The van der Waals surface area contributed by atoms with E-state index in [9.17, 15) is 8.42 Å². The molecule has 0 heterocycles. The first-order valence-electron chi connectivity index (χ1n) is 4.30. The Kier molecular flexibility index (Phi) is 3.79. The van der Waals surface area contributed by atoms with Crippen molar-refractivity contribution in [3.8, 4) is 0 Å². The second kappa shape index (κ2) is 4.73. The fourth-order valence-electron chi connectivity index (χ4n) is 1.06. The predicted molar refractivity (Wildman–Crippen MR) is 65.7 cm³/mol. The van der Waals surface area contributed by atoms with Crippen LogP contribution in [0, 0.1) is 0 Å². The van der Waals surface area contributed by atoms with Gasteiger partial charge in [-0.25, -0.2) is 13.6 Å². The summed E-state index contributed by atoms with van der Waals surface area (Å²) in [4.78, 5) is -0.00983. The molecule has 5 nitrogen and oxygen atoms in total. The molecule has 7 heteroatoms. The van der Waals surface area contributed by atoms with Crippen molar-refractivity contribution in [2.45, 2.75) is 4.90 Å². The Labute approximate surface area is 99.1 Å². The highest BCUT2D eigenvalue weighted by Crippen LogP contribution is 2.22. The lowest BCUT2D eigenvalue weighted by Crippen LogP contribution is -2.13. The van der Waals surface area contributed by atoms with Crippen LogP contribution < -0.4 is 16.2 Å². The molecule has 1 aromatic rings. The molecule has 0 unspecified atom stereocenters. The smallest absolute Gasteiger partial charge is 0.238 e. The lowest BCUT2D eigenvalue weighted by atomic mass is 10.2. The molecule has 0 bridgehead atoms. The van der Waals surface area contributed by atoms with Crippen LogP contribution in [0.1, 0.15) is 0 Å². The second-order valence-corrected chi connectivity index (χ2v) is 5.26. The Balaban J connectivity index is 3.04. The minimum absolute atomic E-state index is 0.00983. The van der Waals surface area contributed by atoms with Gasteiger partial charge in [0.1, 0.15) is 0 Å². The lowest BCUT2D eigenvalue weighted by Gasteiger charge is -2.09. The highest BCUT2D eigenvalue weighted by molar-refractivity contribution is 7.89. The van der Waals surface area contributed by atoms with Gasteiger partial charge < -0.3 is 11.1 Å². The molecule has 0 radical (unpaired) electrons. The number of halogens is 1. The van der Waals surface area contributed by atoms with Crippen molar-refractivity contribution in [3.63, 3.8) is 0 Å². The van der Waals surface area contributed by atoms with Gasteiger partial charge in [0.25, 0.3) is 0 Å². The summed E-state index contributed by atoms with van der Waals surface area (Å²) in [6.45, 7) is 3.78. The van der Waals surface area contributed by atoms with E-state index >= 15 is 0 Å². The monoisotopic (exact) mass is 261 g/mol. The van der Waals surface area contributed by atoms with Gasteiger partial charge in [0.2, 0.25) is 10.0 Å². The van der Waals surface area contributed by atoms with Gasteiger partial charge in [-0.1, -0.05) is 18.2 Å². The number of benzene rings is 1. The van der Waals surface area contributed by atoms with Crippen LogP contribution >= 0.6 is 11.6 Å². The largest absolute Gasteiger partial charge is 0.397 e. The van der Waals surface area contributed by atoms with Gasteiger partial charge in [-0.2, -0.15) is 0 Å². The third kappa shape index (κ3) is 3.41. The summed E-state index contributed by atoms with van der Waals surface area (Å²) < 4.78 is 22.2. The molecule has 1 rings (SSSR count). The summed E-state index contributed by atoms with van der Waals surface area (Å²) in [5.74, 6) is 0. The molecule has 0 amide bonds. The van der Waals surface area contributed by atoms with Crippen molar-refractivity contribution in [3.05, 3.63) is 29.8 Å². The normalized spacial score (nSPS) is 11.1. The average molecular weight is 262 g/mol. The van der Waals surface area contributed by atoms with Crippen molar-refractivity contribution in [1.29, 1.82) is 0 Å². The number of hydrogen-bond acceptors (Lipinski definition) is 4. The maximum atomic E-state index is 11.1. The van der Waals surface area contributed by atoms with Crippen LogP contribution in [-0.4, -0.2) is 15.0 Å². The number of nitrogen functional groups attached to an aromatic ring is 1. The molecule has 0 aliphatic heterocycles. The Morgan fingerprint density at radius 1 is 1.50 bits per heavy atom. The maximum Gasteiger partial charge on any atom is 0.238 e. The second-order valence-electron chi connectivity index (χ2n) is 3.16. The molecule has 0 fully saturated rings. The molecule has 0 aliphatic carbocycles. The molecule has 0 spiro atoms. The average Bonchev–Trinajstić information content (AvgIpc) is 2.14. The van der Waals surface area contributed by atoms with Crippen LogP contribution in [0.2, 0.25) is 0 Å². The number of sulfonamides is 1. The molecule has 1 aromatic carbocycles. The third-order valence-electron chi connectivity index (χ3n) is 1.82. The van der Waals surface area contributed by atoms with E-state index in [1.54, 1.807) is 0 Å². The Morgan fingerprint density at radius 3 is 2.62 bits per heavy atom. The first kappa shape index (κ1) is 12.8. The summed E-state index contributed by atoms with van der Waals surface area (Å²) >= 11 is 5.57. The molecule has 88 valence electrons. The summed E-state index contributed by atoms with van der Waals surface area (Å²) in [6.07, 6.45) is 0. The first-order chi connectivity index (χ1) is 7.30. The highest BCUT2D eigenvalue weighted by Gasteiger charge is 2.10. The van der Waals surface area contributed by atoms with E-state index in [1.807, 2.05) is 0 Å². The van der Waals surface area contributed by atoms with Crippen molar-refractivity contribution >= 4 is 33.0 Å². The molecule has 0 atom stereocenters. The Bertz CT molecular complexity index is 513. The van der Waals surface area contributed by atoms with Gasteiger partial charge in [0, 0.05) is 5.03 Å². The van der Waals surface area contributed by atoms with E-state index < -0.39 is 10.0 Å². The summed E-state index contributed by atoms with van der Waals surface area (Å²) in [5.41, 5.74) is 6.51. The van der Waals surface area contributed by atoms with Crippen molar-refractivity contribution in [2.75, 3.05) is 17.6 Å². The summed E-state index contributed by atoms with van der Waals surface area (Å²) in [5, 5.41) is 8.23. The van der Waals surface area contributed by atoms with E-state index in [0.717, 1.165) is 0 Å². The molecule has 0 aliphatic rings. The number of hydrogen-bond donors (Lipinski definition) is 3. The van der Waals surface area contributed by atoms with Gasteiger partial charge in [0.05, 0.1) is 22.8 Å². The van der Waals surface area contributed by atoms with Crippen molar-refractivity contribution < 1.29 is 8.42 Å². The van der Waals surface area contributed by atoms with Gasteiger partial charge in [0.15, 0.2) is 0 Å². The summed E-state index contributed by atoms with van der Waals surface area (Å²) in [7, 11) is -3.73. The molecule has 0 saturated heterocycles. The fraction of sp³-hybridized carbons (Fsp3) is 0.111. The van der Waals surface area contributed by atoms with E-state index in [1.165, 1.54) is 18.2 Å². The zero-order valence-corrected chi connectivity index (χ0v) is 9.98. The lowest BCUT2D eigenvalue weighted by molar-refractivity contribution is 0.598. The highest BCUT2D eigenvalue weighted by atomic mass is 35.5. The van der Waals surface area contributed by atoms with Crippen LogP contribution in [-0.2, 0) is 10.0 Å². The van der Waals surface area contributed by atoms with Crippen molar-refractivity contribution in [2.24, 2.45) is 5.14 Å². The predicted octanol–water partition coefficient (Wildman–Crippen LogP) is 1.08. The van der Waals surface area contributed by atoms with Gasteiger partial charge >= 0.3 is 0 Å². The topological polar surface area (TPSA) is 98.2 Å². The van der Waals surface area contributed by atoms with E-state index in [4.69, 9.17) is 22.5 Å². The first-order valence-corrected chi connectivity index (χ1v) is 6.22. The molecular weight excluding hydrogens is 250 g/mol. The molecule has 16 heavy (non-hydrogen) atoms. The number of nitrogens with two attached hydrogens (primary N) is 2. The minimum Gasteiger partial charge on any atom is -0.397 e. The zero-order valence-electron chi connectivity index (χ0n) is 8.40. The van der Waals surface area contributed by atoms with Crippen LogP contribution in [0.4, 0.5) is 11.4 Å². The molecule has 5 N–H and O–H groups in total. The standard InChI is InChI=1S/C9H12ClN3O2S/c1-6(10)5-13-9-4-7(16(12,14)15)2-3-8(9)11/h2-4,13H,1,5,11H2,(H2,12,14,15).